The maximum atomic E-state index is 13.9. The number of benzene rings is 1. The minimum absolute atomic E-state index is 0.0153. The third kappa shape index (κ3) is 4.18. The van der Waals surface area contributed by atoms with E-state index in [1.165, 1.54) is 12.1 Å². The van der Waals surface area contributed by atoms with Gasteiger partial charge in [-0.3, -0.25) is 4.79 Å². The maximum absolute atomic E-state index is 13.9. The molecule has 2 aliphatic heterocycles. The Balaban J connectivity index is 1.76. The van der Waals surface area contributed by atoms with Gasteiger partial charge in [-0.2, -0.15) is 0 Å². The molecule has 0 unspecified atom stereocenters. The van der Waals surface area contributed by atoms with Crippen LogP contribution in [0.5, 0.6) is 0 Å². The molecule has 5 nitrogen and oxygen atoms in total. The van der Waals surface area contributed by atoms with Crippen molar-refractivity contribution in [3.8, 4) is 0 Å². The third-order valence-corrected chi connectivity index (χ3v) is 5.75. The van der Waals surface area contributed by atoms with Gasteiger partial charge in [-0.25, -0.2) is 4.39 Å². The number of rotatable bonds is 4. The van der Waals surface area contributed by atoms with Gasteiger partial charge in [0.25, 0.3) is 0 Å². The Hall–Kier alpha value is -1.66. The van der Waals surface area contributed by atoms with E-state index >= 15 is 0 Å². The zero-order chi connectivity index (χ0) is 18.7. The Morgan fingerprint density at radius 1 is 1.42 bits per heavy atom. The summed E-state index contributed by atoms with van der Waals surface area (Å²) in [4.78, 5) is 15.0. The van der Waals surface area contributed by atoms with Crippen molar-refractivity contribution in [2.24, 2.45) is 5.41 Å². The van der Waals surface area contributed by atoms with Gasteiger partial charge in [-0.15, -0.1) is 0 Å². The molecular formula is C20H30FN3O2. The highest BCUT2D eigenvalue weighted by atomic mass is 19.1. The minimum atomic E-state index is -0.421. The standard InChI is InChI=1S/C20H30FN3O2/c1-14(23-19(26)20(2)8-3-9-22-13-20)17-12-15(21)4-5-18(17)24-10-6-16(25)7-11-24/h4-5,12,14,16,22,25H,3,6-11,13H2,1-2H3,(H,23,26)/t14-,20+/m1/s1. The summed E-state index contributed by atoms with van der Waals surface area (Å²) in [7, 11) is 0. The van der Waals surface area contributed by atoms with Crippen LogP contribution in [0.2, 0.25) is 0 Å². The molecule has 2 heterocycles. The van der Waals surface area contributed by atoms with Gasteiger partial charge in [0, 0.05) is 30.9 Å². The summed E-state index contributed by atoms with van der Waals surface area (Å²) < 4.78 is 13.9. The van der Waals surface area contributed by atoms with Gasteiger partial charge in [-0.05, 0) is 64.3 Å². The Bertz CT molecular complexity index is 638. The number of hydrogen-bond acceptors (Lipinski definition) is 4. The zero-order valence-corrected chi connectivity index (χ0v) is 15.7. The normalized spacial score (nSPS) is 25.8. The lowest BCUT2D eigenvalue weighted by molar-refractivity contribution is -0.131. The van der Waals surface area contributed by atoms with Crippen LogP contribution in [0.3, 0.4) is 0 Å². The van der Waals surface area contributed by atoms with E-state index < -0.39 is 5.41 Å². The van der Waals surface area contributed by atoms with Crippen LogP contribution in [0.25, 0.3) is 0 Å². The summed E-state index contributed by atoms with van der Waals surface area (Å²) in [5.41, 5.74) is 1.31. The lowest BCUT2D eigenvalue weighted by atomic mass is 9.81. The summed E-state index contributed by atoms with van der Waals surface area (Å²) in [5, 5.41) is 16.1. The first-order valence-electron chi connectivity index (χ1n) is 9.63. The van der Waals surface area contributed by atoms with Crippen LogP contribution in [0.4, 0.5) is 10.1 Å². The Labute approximate surface area is 155 Å². The highest BCUT2D eigenvalue weighted by Gasteiger charge is 2.35. The molecule has 1 aromatic carbocycles. The van der Waals surface area contributed by atoms with E-state index in [9.17, 15) is 14.3 Å². The van der Waals surface area contributed by atoms with Crippen LogP contribution in [0.1, 0.15) is 51.1 Å². The summed E-state index contributed by atoms with van der Waals surface area (Å²) in [5.74, 6) is -0.283. The smallest absolute Gasteiger partial charge is 0.227 e. The second kappa shape index (κ2) is 7.92. The number of piperidine rings is 2. The molecule has 0 bridgehead atoms. The van der Waals surface area contributed by atoms with Crippen LogP contribution in [-0.4, -0.2) is 43.3 Å². The van der Waals surface area contributed by atoms with Crippen molar-refractivity contribution in [2.75, 3.05) is 31.1 Å². The fourth-order valence-electron chi connectivity index (χ4n) is 3.97. The minimum Gasteiger partial charge on any atom is -0.393 e. The van der Waals surface area contributed by atoms with E-state index in [1.807, 2.05) is 13.8 Å². The van der Waals surface area contributed by atoms with Gasteiger partial charge in [0.2, 0.25) is 5.91 Å². The highest BCUT2D eigenvalue weighted by Crippen LogP contribution is 2.32. The third-order valence-electron chi connectivity index (χ3n) is 5.75. The van der Waals surface area contributed by atoms with Gasteiger partial charge in [0.15, 0.2) is 0 Å². The molecule has 0 aromatic heterocycles. The molecule has 3 rings (SSSR count). The first-order valence-corrected chi connectivity index (χ1v) is 9.63. The van der Waals surface area contributed by atoms with Crippen LogP contribution in [0.15, 0.2) is 18.2 Å². The van der Waals surface area contributed by atoms with E-state index in [4.69, 9.17) is 0 Å². The molecule has 3 N–H and O–H groups in total. The van der Waals surface area contributed by atoms with Gasteiger partial charge < -0.3 is 20.6 Å². The Morgan fingerprint density at radius 2 is 2.15 bits per heavy atom. The lowest BCUT2D eigenvalue weighted by Crippen LogP contribution is -2.49. The molecule has 2 fully saturated rings. The van der Waals surface area contributed by atoms with E-state index in [2.05, 4.69) is 15.5 Å². The van der Waals surface area contributed by atoms with Gasteiger partial charge >= 0.3 is 0 Å². The predicted molar refractivity (Wildman–Crippen MR) is 101 cm³/mol. The van der Waals surface area contributed by atoms with Crippen molar-refractivity contribution < 1.29 is 14.3 Å². The van der Waals surface area contributed by atoms with Gasteiger partial charge in [0.05, 0.1) is 17.6 Å². The molecule has 1 amide bonds. The summed E-state index contributed by atoms with van der Waals surface area (Å²) in [6.07, 6.45) is 3.01. The number of nitrogens with zero attached hydrogens (tertiary/aromatic N) is 1. The van der Waals surface area contributed by atoms with Crippen molar-refractivity contribution in [1.82, 2.24) is 10.6 Å². The second-order valence-electron chi connectivity index (χ2n) is 7.96. The molecule has 2 atom stereocenters. The fraction of sp³-hybridized carbons (Fsp3) is 0.650. The molecule has 144 valence electrons. The molecule has 2 aliphatic rings. The SMILES string of the molecule is C[C@@H](NC(=O)[C@@]1(C)CCCNC1)c1cc(F)ccc1N1CCC(O)CC1. The molecule has 0 aliphatic carbocycles. The molecule has 0 saturated carbocycles. The van der Waals surface area contributed by atoms with E-state index in [-0.39, 0.29) is 23.9 Å². The van der Waals surface area contributed by atoms with E-state index in [0.29, 0.717) is 19.4 Å². The first-order chi connectivity index (χ1) is 12.4. The Morgan fingerprint density at radius 3 is 2.81 bits per heavy atom. The maximum Gasteiger partial charge on any atom is 0.227 e. The highest BCUT2D eigenvalue weighted by molar-refractivity contribution is 5.83. The average molecular weight is 363 g/mol. The lowest BCUT2D eigenvalue weighted by Gasteiger charge is -2.36. The first kappa shape index (κ1) is 19.1. The predicted octanol–water partition coefficient (Wildman–Crippen LogP) is 2.35. The summed E-state index contributed by atoms with van der Waals surface area (Å²) in [6, 6.07) is 4.49. The second-order valence-corrected chi connectivity index (χ2v) is 7.96. The number of carbonyl (C=O) groups is 1. The van der Waals surface area contributed by atoms with Crippen molar-refractivity contribution in [1.29, 1.82) is 0 Å². The average Bonchev–Trinajstić information content (AvgIpc) is 2.63. The van der Waals surface area contributed by atoms with Gasteiger partial charge in [0.1, 0.15) is 5.82 Å². The molecule has 2 saturated heterocycles. The van der Waals surface area contributed by atoms with Crippen LogP contribution >= 0.6 is 0 Å². The topological polar surface area (TPSA) is 64.6 Å². The molecular weight excluding hydrogens is 333 g/mol. The summed E-state index contributed by atoms with van der Waals surface area (Å²) in [6.45, 7) is 7.00. The number of anilines is 1. The van der Waals surface area contributed by atoms with Gasteiger partial charge in [-0.1, -0.05) is 0 Å². The van der Waals surface area contributed by atoms with Crippen LogP contribution in [0, 0.1) is 11.2 Å². The van der Waals surface area contributed by atoms with Crippen LogP contribution in [-0.2, 0) is 4.79 Å². The molecule has 0 radical (unpaired) electrons. The molecule has 26 heavy (non-hydrogen) atoms. The number of carbonyl (C=O) groups excluding carboxylic acids is 1. The monoisotopic (exact) mass is 363 g/mol. The van der Waals surface area contributed by atoms with E-state index in [0.717, 1.165) is 43.7 Å². The zero-order valence-electron chi connectivity index (χ0n) is 15.7. The fourth-order valence-corrected chi connectivity index (χ4v) is 3.97. The van der Waals surface area contributed by atoms with Crippen molar-refractivity contribution in [3.05, 3.63) is 29.6 Å². The molecule has 1 aromatic rings. The number of aliphatic hydroxyl groups is 1. The van der Waals surface area contributed by atoms with Crippen molar-refractivity contribution in [3.63, 3.8) is 0 Å². The van der Waals surface area contributed by atoms with Crippen LogP contribution < -0.4 is 15.5 Å². The van der Waals surface area contributed by atoms with E-state index in [1.54, 1.807) is 6.07 Å². The number of aliphatic hydroxyl groups excluding tert-OH is 1. The summed E-state index contributed by atoms with van der Waals surface area (Å²) >= 11 is 0. The number of nitrogens with one attached hydrogen (secondary N) is 2. The van der Waals surface area contributed by atoms with Crippen molar-refractivity contribution >= 4 is 11.6 Å². The largest absolute Gasteiger partial charge is 0.393 e. The Kier molecular flexibility index (Phi) is 5.82. The molecule has 0 spiro atoms. The number of amides is 1. The number of hydrogen-bond donors (Lipinski definition) is 3. The number of halogens is 1. The molecule has 6 heteroatoms. The quantitative estimate of drug-likeness (QED) is 0.768. The van der Waals surface area contributed by atoms with Crippen molar-refractivity contribution in [2.45, 2.75) is 51.7 Å².